The molecule has 0 aliphatic rings. The second-order valence-electron chi connectivity index (χ2n) is 5.15. The first-order valence-electron chi connectivity index (χ1n) is 7.28. The normalized spacial score (nSPS) is 10.5. The van der Waals surface area contributed by atoms with Crippen molar-refractivity contribution in [3.8, 4) is 0 Å². The SMILES string of the molecule is Cc1ccccc1CSCC(=O)NCCc1ccc(F)cc1. The van der Waals surface area contributed by atoms with Crippen molar-refractivity contribution in [3.05, 3.63) is 71.0 Å². The van der Waals surface area contributed by atoms with E-state index in [1.54, 1.807) is 23.9 Å². The van der Waals surface area contributed by atoms with Crippen molar-refractivity contribution in [2.45, 2.75) is 19.1 Å². The molecule has 0 heterocycles. The summed E-state index contributed by atoms with van der Waals surface area (Å²) in [5.74, 6) is 1.11. The minimum absolute atomic E-state index is 0.0423. The quantitative estimate of drug-likeness (QED) is 0.843. The minimum atomic E-state index is -0.236. The van der Waals surface area contributed by atoms with E-state index in [0.29, 0.717) is 18.7 Å². The number of nitrogens with one attached hydrogen (secondary N) is 1. The van der Waals surface area contributed by atoms with E-state index in [1.165, 1.54) is 23.3 Å². The van der Waals surface area contributed by atoms with Crippen LogP contribution < -0.4 is 5.32 Å². The van der Waals surface area contributed by atoms with Gasteiger partial charge in [0.2, 0.25) is 5.91 Å². The van der Waals surface area contributed by atoms with E-state index in [4.69, 9.17) is 0 Å². The van der Waals surface area contributed by atoms with Crippen LogP contribution in [0.25, 0.3) is 0 Å². The maximum absolute atomic E-state index is 12.8. The van der Waals surface area contributed by atoms with Crippen LogP contribution in [0.2, 0.25) is 0 Å². The van der Waals surface area contributed by atoms with Crippen LogP contribution in [0.4, 0.5) is 4.39 Å². The van der Waals surface area contributed by atoms with E-state index in [9.17, 15) is 9.18 Å². The van der Waals surface area contributed by atoms with Gasteiger partial charge in [-0.2, -0.15) is 0 Å². The average Bonchev–Trinajstić information content (AvgIpc) is 2.51. The molecule has 0 fully saturated rings. The molecule has 0 aromatic heterocycles. The van der Waals surface area contributed by atoms with Gasteiger partial charge in [-0.1, -0.05) is 36.4 Å². The Labute approximate surface area is 135 Å². The third-order valence-electron chi connectivity index (χ3n) is 3.40. The highest BCUT2D eigenvalue weighted by atomic mass is 32.2. The largest absolute Gasteiger partial charge is 0.355 e. The third kappa shape index (κ3) is 5.53. The number of benzene rings is 2. The molecule has 0 atom stereocenters. The maximum Gasteiger partial charge on any atom is 0.230 e. The Morgan fingerprint density at radius 3 is 2.59 bits per heavy atom. The van der Waals surface area contributed by atoms with Gasteiger partial charge in [0.25, 0.3) is 0 Å². The zero-order valence-electron chi connectivity index (χ0n) is 12.6. The lowest BCUT2D eigenvalue weighted by Crippen LogP contribution is -2.27. The molecule has 0 spiro atoms. The molecule has 2 aromatic carbocycles. The Kier molecular flexibility index (Phi) is 6.46. The van der Waals surface area contributed by atoms with Gasteiger partial charge < -0.3 is 5.32 Å². The van der Waals surface area contributed by atoms with Crippen LogP contribution in [-0.4, -0.2) is 18.2 Å². The zero-order chi connectivity index (χ0) is 15.8. The van der Waals surface area contributed by atoms with Crippen molar-refractivity contribution in [1.29, 1.82) is 0 Å². The third-order valence-corrected chi connectivity index (χ3v) is 4.38. The van der Waals surface area contributed by atoms with Crippen molar-refractivity contribution in [2.24, 2.45) is 0 Å². The predicted octanol–water partition coefficient (Wildman–Crippen LogP) is 3.73. The summed E-state index contributed by atoms with van der Waals surface area (Å²) in [5.41, 5.74) is 3.55. The number of amides is 1. The second kappa shape index (κ2) is 8.59. The molecule has 1 N–H and O–H groups in total. The molecule has 0 bridgehead atoms. The van der Waals surface area contributed by atoms with E-state index in [1.807, 2.05) is 12.1 Å². The number of rotatable bonds is 7. The van der Waals surface area contributed by atoms with Crippen LogP contribution in [0, 0.1) is 12.7 Å². The summed E-state index contributed by atoms with van der Waals surface area (Å²) in [4.78, 5) is 11.8. The first-order chi connectivity index (χ1) is 10.6. The number of carbonyl (C=O) groups excluding carboxylic acids is 1. The molecular formula is C18H20FNOS. The standard InChI is InChI=1S/C18H20FNOS/c1-14-4-2-3-5-16(14)12-22-13-18(21)20-11-10-15-6-8-17(19)9-7-15/h2-9H,10-13H2,1H3,(H,20,21). The van der Waals surface area contributed by atoms with E-state index < -0.39 is 0 Å². The van der Waals surface area contributed by atoms with Gasteiger partial charge in [0, 0.05) is 12.3 Å². The van der Waals surface area contributed by atoms with Crippen molar-refractivity contribution < 1.29 is 9.18 Å². The Morgan fingerprint density at radius 2 is 1.86 bits per heavy atom. The number of hydrogen-bond acceptors (Lipinski definition) is 2. The fraction of sp³-hybridized carbons (Fsp3) is 0.278. The molecule has 1 amide bonds. The van der Waals surface area contributed by atoms with Crippen molar-refractivity contribution in [1.82, 2.24) is 5.32 Å². The lowest BCUT2D eigenvalue weighted by Gasteiger charge is -2.07. The summed E-state index contributed by atoms with van der Waals surface area (Å²) in [6, 6.07) is 14.6. The summed E-state index contributed by atoms with van der Waals surface area (Å²) >= 11 is 1.62. The van der Waals surface area contributed by atoms with E-state index >= 15 is 0 Å². The number of hydrogen-bond donors (Lipinski definition) is 1. The lowest BCUT2D eigenvalue weighted by molar-refractivity contribution is -0.118. The van der Waals surface area contributed by atoms with Crippen LogP contribution in [0.5, 0.6) is 0 Å². The molecular weight excluding hydrogens is 297 g/mol. The van der Waals surface area contributed by atoms with Gasteiger partial charge in [0.05, 0.1) is 5.75 Å². The molecule has 2 nitrogen and oxygen atoms in total. The average molecular weight is 317 g/mol. The van der Waals surface area contributed by atoms with E-state index in [2.05, 4.69) is 24.4 Å². The van der Waals surface area contributed by atoms with Gasteiger partial charge in [-0.15, -0.1) is 11.8 Å². The predicted molar refractivity (Wildman–Crippen MR) is 90.5 cm³/mol. The van der Waals surface area contributed by atoms with E-state index in [0.717, 1.165) is 11.3 Å². The number of halogens is 1. The minimum Gasteiger partial charge on any atom is -0.355 e. The Balaban J connectivity index is 1.64. The molecule has 116 valence electrons. The van der Waals surface area contributed by atoms with Crippen molar-refractivity contribution in [3.63, 3.8) is 0 Å². The molecule has 0 saturated carbocycles. The van der Waals surface area contributed by atoms with Crippen LogP contribution in [0.1, 0.15) is 16.7 Å². The van der Waals surface area contributed by atoms with Gasteiger partial charge in [-0.05, 0) is 42.2 Å². The molecule has 0 unspecified atom stereocenters. The zero-order valence-corrected chi connectivity index (χ0v) is 13.5. The summed E-state index contributed by atoms with van der Waals surface area (Å²) in [5, 5.41) is 2.89. The fourth-order valence-electron chi connectivity index (χ4n) is 2.07. The highest BCUT2D eigenvalue weighted by Gasteiger charge is 2.03. The lowest BCUT2D eigenvalue weighted by atomic mass is 10.1. The molecule has 2 aromatic rings. The van der Waals surface area contributed by atoms with Crippen LogP contribution >= 0.6 is 11.8 Å². The summed E-state index contributed by atoms with van der Waals surface area (Å²) < 4.78 is 12.8. The number of carbonyl (C=O) groups is 1. The van der Waals surface area contributed by atoms with Gasteiger partial charge in [0.1, 0.15) is 5.82 Å². The van der Waals surface area contributed by atoms with Crippen LogP contribution in [0.15, 0.2) is 48.5 Å². The van der Waals surface area contributed by atoms with E-state index in [-0.39, 0.29) is 11.7 Å². The van der Waals surface area contributed by atoms with Gasteiger partial charge >= 0.3 is 0 Å². The highest BCUT2D eigenvalue weighted by Crippen LogP contribution is 2.15. The topological polar surface area (TPSA) is 29.1 Å². The van der Waals surface area contributed by atoms with Gasteiger partial charge in [-0.25, -0.2) is 4.39 Å². The summed E-state index contributed by atoms with van der Waals surface area (Å²) in [7, 11) is 0. The maximum atomic E-state index is 12.8. The number of aryl methyl sites for hydroxylation is 1. The Morgan fingerprint density at radius 1 is 1.14 bits per heavy atom. The fourth-order valence-corrected chi connectivity index (χ4v) is 3.01. The molecule has 0 radical (unpaired) electrons. The summed E-state index contributed by atoms with van der Waals surface area (Å²) in [6.45, 7) is 2.66. The molecule has 4 heteroatoms. The van der Waals surface area contributed by atoms with Crippen LogP contribution in [-0.2, 0) is 17.0 Å². The van der Waals surface area contributed by atoms with Crippen molar-refractivity contribution in [2.75, 3.05) is 12.3 Å². The monoisotopic (exact) mass is 317 g/mol. The molecule has 0 aliphatic heterocycles. The Bertz CT molecular complexity index is 613. The number of thioether (sulfide) groups is 1. The highest BCUT2D eigenvalue weighted by molar-refractivity contribution is 7.99. The molecule has 22 heavy (non-hydrogen) atoms. The summed E-state index contributed by atoms with van der Waals surface area (Å²) in [6.07, 6.45) is 0.717. The first kappa shape index (κ1) is 16.6. The smallest absolute Gasteiger partial charge is 0.230 e. The van der Waals surface area contributed by atoms with Crippen molar-refractivity contribution >= 4 is 17.7 Å². The van der Waals surface area contributed by atoms with Gasteiger partial charge in [-0.3, -0.25) is 4.79 Å². The Hall–Kier alpha value is -1.81. The molecule has 0 aliphatic carbocycles. The molecule has 2 rings (SSSR count). The molecule has 0 saturated heterocycles. The second-order valence-corrected chi connectivity index (χ2v) is 6.13. The van der Waals surface area contributed by atoms with Gasteiger partial charge in [0.15, 0.2) is 0 Å². The van der Waals surface area contributed by atoms with Crippen LogP contribution in [0.3, 0.4) is 0 Å². The first-order valence-corrected chi connectivity index (χ1v) is 8.44.